The third kappa shape index (κ3) is 3.27. The number of methoxy groups -OCH3 is 1. The van der Waals surface area contributed by atoms with Gasteiger partial charge in [-0.05, 0) is 36.2 Å². The molecule has 2 rings (SSSR count). The third-order valence-corrected chi connectivity index (χ3v) is 3.19. The molecule has 0 fully saturated rings. The molecule has 4 heteroatoms. The van der Waals surface area contributed by atoms with Crippen LogP contribution >= 0.6 is 0 Å². The van der Waals surface area contributed by atoms with Gasteiger partial charge in [-0.2, -0.15) is 0 Å². The fourth-order valence-electron chi connectivity index (χ4n) is 2.00. The van der Waals surface area contributed by atoms with Crippen molar-refractivity contribution >= 4 is 5.69 Å². The van der Waals surface area contributed by atoms with Crippen molar-refractivity contribution in [3.05, 3.63) is 59.4 Å². The molecule has 2 aromatic rings. The van der Waals surface area contributed by atoms with Gasteiger partial charge in [-0.3, -0.25) is 0 Å². The molecule has 106 valence electrons. The summed E-state index contributed by atoms with van der Waals surface area (Å²) >= 11 is 0. The summed E-state index contributed by atoms with van der Waals surface area (Å²) in [5.41, 5.74) is 2.00. The molecule has 0 amide bonds. The normalized spacial score (nSPS) is 12.0. The molecular weight excluding hydrogens is 257 g/mol. The first-order valence-electron chi connectivity index (χ1n) is 6.43. The van der Waals surface area contributed by atoms with E-state index in [0.717, 1.165) is 16.9 Å². The molecule has 0 spiro atoms. The molecule has 0 heterocycles. The molecule has 2 aromatic carbocycles. The van der Waals surface area contributed by atoms with Gasteiger partial charge in [-0.25, -0.2) is 4.39 Å². The number of rotatable bonds is 5. The van der Waals surface area contributed by atoms with Gasteiger partial charge < -0.3 is 15.2 Å². The summed E-state index contributed by atoms with van der Waals surface area (Å²) in [6.45, 7) is 2.07. The molecule has 0 radical (unpaired) electrons. The molecule has 0 aromatic heterocycles. The molecule has 0 bridgehead atoms. The number of para-hydroxylation sites is 1. The zero-order valence-corrected chi connectivity index (χ0v) is 11.6. The Morgan fingerprint density at radius 3 is 2.50 bits per heavy atom. The Morgan fingerprint density at radius 2 is 1.90 bits per heavy atom. The van der Waals surface area contributed by atoms with Gasteiger partial charge in [0.2, 0.25) is 0 Å². The summed E-state index contributed by atoms with van der Waals surface area (Å²) in [5, 5.41) is 13.1. The smallest absolute Gasteiger partial charge is 0.146 e. The Morgan fingerprint density at radius 1 is 1.20 bits per heavy atom. The van der Waals surface area contributed by atoms with Crippen LogP contribution in [0.3, 0.4) is 0 Å². The lowest BCUT2D eigenvalue weighted by atomic mass is 10.1. The molecule has 2 N–H and O–H groups in total. The molecular formula is C16H18FNO2. The first-order valence-corrected chi connectivity index (χ1v) is 6.43. The van der Waals surface area contributed by atoms with Crippen LogP contribution < -0.4 is 10.1 Å². The maximum Gasteiger partial charge on any atom is 0.146 e. The lowest BCUT2D eigenvalue weighted by Gasteiger charge is -2.15. The predicted molar refractivity (Wildman–Crippen MR) is 77.6 cm³/mol. The van der Waals surface area contributed by atoms with Gasteiger partial charge in [0.15, 0.2) is 0 Å². The molecule has 3 nitrogen and oxygen atoms in total. The first kappa shape index (κ1) is 14.3. The number of aryl methyl sites for hydroxylation is 1. The second-order valence-corrected chi connectivity index (χ2v) is 4.60. The van der Waals surface area contributed by atoms with E-state index in [-0.39, 0.29) is 12.4 Å². The van der Waals surface area contributed by atoms with Crippen LogP contribution in [-0.2, 0) is 0 Å². The van der Waals surface area contributed by atoms with Gasteiger partial charge in [0, 0.05) is 6.54 Å². The average Bonchev–Trinajstić information content (AvgIpc) is 2.46. The van der Waals surface area contributed by atoms with Crippen molar-refractivity contribution in [2.24, 2.45) is 0 Å². The second-order valence-electron chi connectivity index (χ2n) is 4.60. The van der Waals surface area contributed by atoms with Crippen molar-refractivity contribution in [2.75, 3.05) is 19.0 Å². The number of hydrogen-bond donors (Lipinski definition) is 2. The van der Waals surface area contributed by atoms with Gasteiger partial charge in [0.05, 0.1) is 18.9 Å². The van der Waals surface area contributed by atoms with Crippen LogP contribution in [0.15, 0.2) is 42.5 Å². The Bertz CT molecular complexity index is 549. The van der Waals surface area contributed by atoms with Gasteiger partial charge in [-0.1, -0.05) is 24.3 Å². The van der Waals surface area contributed by atoms with E-state index in [0.29, 0.717) is 5.69 Å². The summed E-state index contributed by atoms with van der Waals surface area (Å²) < 4.78 is 18.7. The molecule has 0 saturated carbocycles. The number of hydrogen-bond acceptors (Lipinski definition) is 3. The maximum absolute atomic E-state index is 13.6. The minimum absolute atomic E-state index is 0.244. The Labute approximate surface area is 118 Å². The number of nitrogens with one attached hydrogen (secondary N) is 1. The fraction of sp³-hybridized carbons (Fsp3) is 0.250. The standard InChI is InChI=1S/C16H18FNO2/c1-11-4-3-5-14(17)16(11)18-10-15(19)12-6-8-13(20-2)9-7-12/h3-9,15,18-19H,10H2,1-2H3. The van der Waals surface area contributed by atoms with Crippen molar-refractivity contribution in [1.29, 1.82) is 0 Å². The average molecular weight is 275 g/mol. The van der Waals surface area contributed by atoms with Crippen molar-refractivity contribution in [1.82, 2.24) is 0 Å². The quantitative estimate of drug-likeness (QED) is 0.879. The number of aliphatic hydroxyl groups is 1. The molecule has 20 heavy (non-hydrogen) atoms. The van der Waals surface area contributed by atoms with Crippen LogP contribution in [0.25, 0.3) is 0 Å². The Kier molecular flexibility index (Phi) is 4.58. The van der Waals surface area contributed by atoms with E-state index < -0.39 is 6.10 Å². The highest BCUT2D eigenvalue weighted by Crippen LogP contribution is 2.21. The monoisotopic (exact) mass is 275 g/mol. The summed E-state index contributed by atoms with van der Waals surface area (Å²) in [6, 6.07) is 12.0. The van der Waals surface area contributed by atoms with Crippen LogP contribution in [0.1, 0.15) is 17.2 Å². The molecule has 0 saturated heterocycles. The van der Waals surface area contributed by atoms with Crippen LogP contribution in [0, 0.1) is 12.7 Å². The highest BCUT2D eigenvalue weighted by atomic mass is 19.1. The van der Waals surface area contributed by atoms with E-state index in [1.165, 1.54) is 6.07 Å². The van der Waals surface area contributed by atoms with Crippen LogP contribution in [0.4, 0.5) is 10.1 Å². The van der Waals surface area contributed by atoms with E-state index >= 15 is 0 Å². The van der Waals surface area contributed by atoms with Crippen molar-refractivity contribution in [2.45, 2.75) is 13.0 Å². The van der Waals surface area contributed by atoms with E-state index in [1.54, 1.807) is 37.4 Å². The molecule has 0 aliphatic rings. The van der Waals surface area contributed by atoms with E-state index in [1.807, 2.05) is 13.0 Å². The molecule has 0 aliphatic heterocycles. The Hall–Kier alpha value is -2.07. The SMILES string of the molecule is COc1ccc(C(O)CNc2c(C)cccc2F)cc1. The van der Waals surface area contributed by atoms with Gasteiger partial charge in [0.1, 0.15) is 11.6 Å². The van der Waals surface area contributed by atoms with Gasteiger partial charge in [-0.15, -0.1) is 0 Å². The number of halogens is 1. The largest absolute Gasteiger partial charge is 0.497 e. The molecule has 1 unspecified atom stereocenters. The molecule has 0 aliphatic carbocycles. The number of benzene rings is 2. The van der Waals surface area contributed by atoms with Crippen LogP contribution in [-0.4, -0.2) is 18.8 Å². The highest BCUT2D eigenvalue weighted by Gasteiger charge is 2.10. The Balaban J connectivity index is 2.02. The summed E-state index contributed by atoms with van der Waals surface area (Å²) in [4.78, 5) is 0. The highest BCUT2D eigenvalue weighted by molar-refractivity contribution is 5.51. The van der Waals surface area contributed by atoms with E-state index in [9.17, 15) is 9.50 Å². The number of anilines is 1. The topological polar surface area (TPSA) is 41.5 Å². The maximum atomic E-state index is 13.6. The van der Waals surface area contributed by atoms with Gasteiger partial charge in [0.25, 0.3) is 0 Å². The van der Waals surface area contributed by atoms with Gasteiger partial charge >= 0.3 is 0 Å². The predicted octanol–water partition coefficient (Wildman–Crippen LogP) is 3.29. The fourth-order valence-corrected chi connectivity index (χ4v) is 2.00. The summed E-state index contributed by atoms with van der Waals surface area (Å²) in [5.74, 6) is 0.422. The van der Waals surface area contributed by atoms with Crippen molar-refractivity contribution in [3.63, 3.8) is 0 Å². The third-order valence-electron chi connectivity index (χ3n) is 3.19. The van der Waals surface area contributed by atoms with Crippen LogP contribution in [0.5, 0.6) is 5.75 Å². The summed E-state index contributed by atoms with van der Waals surface area (Å²) in [7, 11) is 1.59. The number of aliphatic hydroxyl groups excluding tert-OH is 1. The van der Waals surface area contributed by atoms with Crippen molar-refractivity contribution in [3.8, 4) is 5.75 Å². The second kappa shape index (κ2) is 6.39. The van der Waals surface area contributed by atoms with E-state index in [2.05, 4.69) is 5.32 Å². The summed E-state index contributed by atoms with van der Waals surface area (Å²) in [6.07, 6.45) is -0.708. The number of ether oxygens (including phenoxy) is 1. The zero-order valence-electron chi connectivity index (χ0n) is 11.6. The van der Waals surface area contributed by atoms with E-state index in [4.69, 9.17) is 4.74 Å². The van der Waals surface area contributed by atoms with Crippen LogP contribution in [0.2, 0.25) is 0 Å². The minimum atomic E-state index is -0.708. The zero-order chi connectivity index (χ0) is 14.5. The lowest BCUT2D eigenvalue weighted by molar-refractivity contribution is 0.191. The van der Waals surface area contributed by atoms with Crippen molar-refractivity contribution < 1.29 is 14.2 Å². The first-order chi connectivity index (χ1) is 9.61. The molecule has 1 atom stereocenters. The lowest BCUT2D eigenvalue weighted by Crippen LogP contribution is -2.13. The minimum Gasteiger partial charge on any atom is -0.497 e.